The number of halogens is 3. The van der Waals surface area contributed by atoms with Crippen molar-refractivity contribution >= 4 is 16.6 Å². The summed E-state index contributed by atoms with van der Waals surface area (Å²) in [5.41, 5.74) is 0.0854. The summed E-state index contributed by atoms with van der Waals surface area (Å²) in [4.78, 5) is 2.27. The Kier molecular flexibility index (Phi) is 6.99. The summed E-state index contributed by atoms with van der Waals surface area (Å²) in [6, 6.07) is 11.3. The van der Waals surface area contributed by atoms with Gasteiger partial charge in [0.05, 0.1) is 5.56 Å². The molecule has 0 saturated carbocycles. The maximum absolute atomic E-state index is 13.3. The highest BCUT2D eigenvalue weighted by Crippen LogP contribution is 2.39. The largest absolute Gasteiger partial charge is 0.467 e. The molecule has 0 unspecified atom stereocenters. The average Bonchev–Trinajstić information content (AvgIpc) is 2.79. The normalized spacial score (nSPS) is 17.3. The first-order valence-corrected chi connectivity index (χ1v) is 11.0. The first-order chi connectivity index (χ1) is 15.9. The van der Waals surface area contributed by atoms with Crippen molar-refractivity contribution in [2.75, 3.05) is 38.9 Å². The second-order valence-corrected chi connectivity index (χ2v) is 8.15. The number of aromatic nitrogens is 2. The SMILES string of the molecule is CCOCOc1cc(C(F)(F)F)ccc1-c1nnc(N[C@@H]2CCCN(C)C2)c2ccccc12. The number of likely N-dealkylation sites (N-methyl/N-ethyl adjacent to an activating group) is 1. The molecular weight excluding hydrogens is 433 g/mol. The summed E-state index contributed by atoms with van der Waals surface area (Å²) in [6.07, 6.45) is -2.35. The van der Waals surface area contributed by atoms with Crippen LogP contribution in [-0.2, 0) is 10.9 Å². The Hall–Kier alpha value is -2.91. The predicted molar refractivity (Wildman–Crippen MR) is 121 cm³/mol. The van der Waals surface area contributed by atoms with Crippen LogP contribution in [0.15, 0.2) is 42.5 Å². The van der Waals surface area contributed by atoms with Crippen LogP contribution in [-0.4, -0.2) is 54.7 Å². The molecule has 4 rings (SSSR count). The molecule has 9 heteroatoms. The number of nitrogens with one attached hydrogen (secondary N) is 1. The van der Waals surface area contributed by atoms with Crippen LogP contribution in [0.2, 0.25) is 0 Å². The molecule has 1 aliphatic heterocycles. The summed E-state index contributed by atoms with van der Waals surface area (Å²) < 4.78 is 50.7. The highest BCUT2D eigenvalue weighted by Gasteiger charge is 2.32. The molecule has 6 nitrogen and oxygen atoms in total. The summed E-state index contributed by atoms with van der Waals surface area (Å²) in [5.74, 6) is 0.714. The van der Waals surface area contributed by atoms with E-state index < -0.39 is 11.7 Å². The van der Waals surface area contributed by atoms with Gasteiger partial charge in [0.15, 0.2) is 12.6 Å². The van der Waals surface area contributed by atoms with Crippen LogP contribution >= 0.6 is 0 Å². The summed E-state index contributed by atoms with van der Waals surface area (Å²) in [7, 11) is 2.09. The van der Waals surface area contributed by atoms with Gasteiger partial charge in [-0.05, 0) is 51.6 Å². The second kappa shape index (κ2) is 9.93. The lowest BCUT2D eigenvalue weighted by atomic mass is 10.0. The number of hydrogen-bond donors (Lipinski definition) is 1. The number of rotatable bonds is 7. The van der Waals surface area contributed by atoms with Crippen molar-refractivity contribution in [1.29, 1.82) is 0 Å². The van der Waals surface area contributed by atoms with E-state index in [0.29, 0.717) is 23.7 Å². The monoisotopic (exact) mass is 460 g/mol. The number of anilines is 1. The van der Waals surface area contributed by atoms with Gasteiger partial charge in [-0.1, -0.05) is 24.3 Å². The lowest BCUT2D eigenvalue weighted by Gasteiger charge is -2.30. The Morgan fingerprint density at radius 3 is 2.64 bits per heavy atom. The Labute approximate surface area is 190 Å². The molecule has 1 saturated heterocycles. The zero-order valence-corrected chi connectivity index (χ0v) is 18.7. The van der Waals surface area contributed by atoms with Gasteiger partial charge in [0.1, 0.15) is 11.4 Å². The van der Waals surface area contributed by atoms with Crippen LogP contribution in [0, 0.1) is 0 Å². The van der Waals surface area contributed by atoms with E-state index in [-0.39, 0.29) is 18.6 Å². The van der Waals surface area contributed by atoms with Crippen LogP contribution in [0.1, 0.15) is 25.3 Å². The van der Waals surface area contributed by atoms with Crippen molar-refractivity contribution in [3.05, 3.63) is 48.0 Å². The maximum atomic E-state index is 13.3. The lowest BCUT2D eigenvalue weighted by molar-refractivity contribution is -0.137. The van der Waals surface area contributed by atoms with Crippen molar-refractivity contribution in [1.82, 2.24) is 15.1 Å². The van der Waals surface area contributed by atoms with E-state index in [4.69, 9.17) is 9.47 Å². The van der Waals surface area contributed by atoms with Gasteiger partial charge in [-0.15, -0.1) is 10.2 Å². The third-order valence-electron chi connectivity index (χ3n) is 5.72. The predicted octanol–water partition coefficient (Wildman–Crippen LogP) is 5.19. The minimum atomic E-state index is -4.49. The van der Waals surface area contributed by atoms with Gasteiger partial charge in [0, 0.05) is 35.5 Å². The van der Waals surface area contributed by atoms with E-state index in [9.17, 15) is 13.2 Å². The third-order valence-corrected chi connectivity index (χ3v) is 5.72. The first-order valence-electron chi connectivity index (χ1n) is 11.0. The van der Waals surface area contributed by atoms with E-state index in [0.717, 1.165) is 48.8 Å². The van der Waals surface area contributed by atoms with Gasteiger partial charge in [-0.2, -0.15) is 13.2 Å². The van der Waals surface area contributed by atoms with Crippen LogP contribution in [0.3, 0.4) is 0 Å². The standard InChI is InChI=1S/C24H27F3N4O2/c1-3-32-15-33-21-13-16(24(25,26)27)10-11-20(21)22-18-8-4-5-9-19(18)23(30-29-22)28-17-7-6-12-31(2)14-17/h4-5,8-11,13,17H,3,6-7,12,14-15H2,1-2H3,(H,28,30)/t17-/m1/s1. The van der Waals surface area contributed by atoms with E-state index in [2.05, 4.69) is 27.5 Å². The average molecular weight is 461 g/mol. The van der Waals surface area contributed by atoms with Gasteiger partial charge in [-0.25, -0.2) is 0 Å². The molecular formula is C24H27F3N4O2. The topological polar surface area (TPSA) is 59.5 Å². The number of nitrogens with zero attached hydrogens (tertiary/aromatic N) is 3. The van der Waals surface area contributed by atoms with Gasteiger partial charge in [0.2, 0.25) is 0 Å². The molecule has 1 atom stereocenters. The number of ether oxygens (including phenoxy) is 2. The summed E-state index contributed by atoms with van der Waals surface area (Å²) in [5, 5.41) is 14.0. The molecule has 1 N–H and O–H groups in total. The zero-order valence-electron chi connectivity index (χ0n) is 18.7. The van der Waals surface area contributed by atoms with E-state index >= 15 is 0 Å². The van der Waals surface area contributed by atoms with Crippen molar-refractivity contribution in [3.8, 4) is 17.0 Å². The molecule has 0 aliphatic carbocycles. The molecule has 1 fully saturated rings. The summed E-state index contributed by atoms with van der Waals surface area (Å²) >= 11 is 0. The van der Waals surface area contributed by atoms with E-state index in [1.165, 1.54) is 6.07 Å². The Bertz CT molecular complexity index is 1110. The molecule has 0 amide bonds. The van der Waals surface area contributed by atoms with Crippen molar-refractivity contribution in [3.63, 3.8) is 0 Å². The van der Waals surface area contributed by atoms with Crippen LogP contribution in [0.5, 0.6) is 5.75 Å². The summed E-state index contributed by atoms with van der Waals surface area (Å²) in [6.45, 7) is 3.98. The molecule has 2 aromatic carbocycles. The van der Waals surface area contributed by atoms with E-state index in [1.54, 1.807) is 6.92 Å². The Morgan fingerprint density at radius 2 is 1.91 bits per heavy atom. The molecule has 0 bridgehead atoms. The fourth-order valence-corrected chi connectivity index (χ4v) is 4.09. The Balaban J connectivity index is 1.75. The molecule has 1 aromatic heterocycles. The maximum Gasteiger partial charge on any atom is 0.416 e. The highest BCUT2D eigenvalue weighted by molar-refractivity contribution is 6.01. The number of hydrogen-bond acceptors (Lipinski definition) is 6. The van der Waals surface area contributed by atoms with Crippen molar-refractivity contribution in [2.45, 2.75) is 32.0 Å². The van der Waals surface area contributed by atoms with Gasteiger partial charge in [-0.3, -0.25) is 0 Å². The molecule has 0 radical (unpaired) electrons. The molecule has 33 heavy (non-hydrogen) atoms. The smallest absolute Gasteiger partial charge is 0.416 e. The fourth-order valence-electron chi connectivity index (χ4n) is 4.09. The fraction of sp³-hybridized carbons (Fsp3) is 0.417. The third kappa shape index (κ3) is 5.36. The van der Waals surface area contributed by atoms with Crippen LogP contribution < -0.4 is 10.1 Å². The van der Waals surface area contributed by atoms with Crippen LogP contribution in [0.25, 0.3) is 22.0 Å². The van der Waals surface area contributed by atoms with Crippen LogP contribution in [0.4, 0.5) is 19.0 Å². The van der Waals surface area contributed by atoms with Crippen molar-refractivity contribution < 1.29 is 22.6 Å². The number of likely N-dealkylation sites (tertiary alicyclic amines) is 1. The van der Waals surface area contributed by atoms with Gasteiger partial charge < -0.3 is 19.7 Å². The Morgan fingerprint density at radius 1 is 1.12 bits per heavy atom. The lowest BCUT2D eigenvalue weighted by Crippen LogP contribution is -2.40. The van der Waals surface area contributed by atoms with Gasteiger partial charge >= 0.3 is 6.18 Å². The first kappa shape index (κ1) is 23.3. The van der Waals surface area contributed by atoms with Crippen molar-refractivity contribution in [2.24, 2.45) is 0 Å². The minimum Gasteiger partial charge on any atom is -0.467 e. The zero-order chi connectivity index (χ0) is 23.4. The molecule has 1 aliphatic rings. The molecule has 0 spiro atoms. The molecule has 2 heterocycles. The molecule has 176 valence electrons. The highest BCUT2D eigenvalue weighted by atomic mass is 19.4. The number of fused-ring (bicyclic) bond motifs is 1. The number of piperidine rings is 1. The molecule has 3 aromatic rings. The number of benzene rings is 2. The van der Waals surface area contributed by atoms with Gasteiger partial charge in [0.25, 0.3) is 0 Å². The van der Waals surface area contributed by atoms with E-state index in [1.807, 2.05) is 24.3 Å². The number of alkyl halides is 3. The minimum absolute atomic E-state index is 0.0485. The quantitative estimate of drug-likeness (QED) is 0.387. The second-order valence-electron chi connectivity index (χ2n) is 8.15.